The topological polar surface area (TPSA) is 90.4 Å². The Morgan fingerprint density at radius 1 is 1.19 bits per heavy atom. The summed E-state index contributed by atoms with van der Waals surface area (Å²) in [6.45, 7) is 2.77. The van der Waals surface area contributed by atoms with Gasteiger partial charge < -0.3 is 24.5 Å². The Balaban J connectivity index is 1.52. The average molecular weight is 470 g/mol. The minimum absolute atomic E-state index is 0.0148. The van der Waals surface area contributed by atoms with Crippen molar-refractivity contribution < 1.29 is 24.2 Å². The molecule has 0 spiro atoms. The number of hydrogen-bond acceptors (Lipinski definition) is 5. The van der Waals surface area contributed by atoms with E-state index in [1.165, 1.54) is 9.80 Å². The Morgan fingerprint density at radius 3 is 2.58 bits per heavy atom. The predicted octanol–water partition coefficient (Wildman–Crippen LogP) is 2.25. The van der Waals surface area contributed by atoms with Crippen LogP contribution in [0, 0.1) is 0 Å². The van der Waals surface area contributed by atoms with Gasteiger partial charge in [-0.1, -0.05) is 29.3 Å². The first kappa shape index (κ1) is 23.4. The smallest absolute Gasteiger partial charge is 0.289 e. The second kappa shape index (κ2) is 10.3. The number of benzene rings is 1. The van der Waals surface area contributed by atoms with Crippen molar-refractivity contribution in [2.45, 2.75) is 19.4 Å². The molecule has 1 fully saturated rings. The number of rotatable bonds is 7. The van der Waals surface area contributed by atoms with Crippen molar-refractivity contribution in [1.29, 1.82) is 0 Å². The van der Waals surface area contributed by atoms with E-state index in [-0.39, 0.29) is 31.1 Å². The van der Waals surface area contributed by atoms with E-state index in [0.29, 0.717) is 49.2 Å². The third-order valence-corrected chi connectivity index (χ3v) is 6.05. The Morgan fingerprint density at radius 2 is 1.90 bits per heavy atom. The zero-order chi connectivity index (χ0) is 22.5. The van der Waals surface area contributed by atoms with E-state index < -0.39 is 17.6 Å². The van der Waals surface area contributed by atoms with Gasteiger partial charge in [-0.05, 0) is 24.1 Å². The first-order valence-corrected chi connectivity index (χ1v) is 10.8. The van der Waals surface area contributed by atoms with Crippen LogP contribution in [0.5, 0.6) is 0 Å². The molecule has 3 rings (SSSR count). The molecule has 0 bridgehead atoms. The van der Waals surface area contributed by atoms with Crippen LogP contribution in [0.4, 0.5) is 0 Å². The van der Waals surface area contributed by atoms with Gasteiger partial charge in [0.1, 0.15) is 0 Å². The summed E-state index contributed by atoms with van der Waals surface area (Å²) in [4.78, 5) is 41.9. The molecule has 1 aromatic carbocycles. The molecule has 168 valence electrons. The first-order chi connectivity index (χ1) is 14.8. The van der Waals surface area contributed by atoms with Crippen molar-refractivity contribution in [2.24, 2.45) is 0 Å². The van der Waals surface area contributed by atoms with Crippen LogP contribution in [0.3, 0.4) is 0 Å². The molecule has 8 nitrogen and oxygen atoms in total. The van der Waals surface area contributed by atoms with Crippen LogP contribution < -0.4 is 0 Å². The number of amides is 3. The van der Waals surface area contributed by atoms with E-state index in [1.54, 1.807) is 30.1 Å². The molecule has 1 saturated heterocycles. The molecule has 10 heteroatoms. The monoisotopic (exact) mass is 469 g/mol. The van der Waals surface area contributed by atoms with Gasteiger partial charge in [0.15, 0.2) is 5.76 Å². The maximum absolute atomic E-state index is 12.8. The summed E-state index contributed by atoms with van der Waals surface area (Å²) in [5.41, 5.74) is 0.820. The third-order valence-electron chi connectivity index (χ3n) is 5.32. The number of aliphatic hydroxyl groups excluding tert-OH is 1. The molecule has 0 unspecified atom stereocenters. The number of nitrogens with zero attached hydrogens (tertiary/aromatic N) is 3. The molecule has 2 heterocycles. The summed E-state index contributed by atoms with van der Waals surface area (Å²) in [5.74, 6) is -1.55. The minimum atomic E-state index is -0.592. The minimum Gasteiger partial charge on any atom is -0.503 e. The molecule has 0 atom stereocenters. The molecular weight excluding hydrogens is 445 g/mol. The molecular formula is C21H25Cl2N3O5. The van der Waals surface area contributed by atoms with Crippen molar-refractivity contribution in [2.75, 3.05) is 46.4 Å². The second-order valence-corrected chi connectivity index (χ2v) is 8.37. The number of likely N-dealkylation sites (N-methyl/N-ethyl adjacent to an activating group) is 1. The van der Waals surface area contributed by atoms with Crippen molar-refractivity contribution in [3.63, 3.8) is 0 Å². The van der Waals surface area contributed by atoms with E-state index in [2.05, 4.69) is 0 Å². The number of aliphatic hydroxyl groups is 1. The number of morpholine rings is 1. The largest absolute Gasteiger partial charge is 0.503 e. The molecule has 1 aromatic rings. The average Bonchev–Trinajstić information content (AvgIpc) is 3.05. The molecule has 3 amide bonds. The maximum atomic E-state index is 12.8. The van der Waals surface area contributed by atoms with E-state index >= 15 is 0 Å². The number of halogens is 2. The number of ether oxygens (including phenoxy) is 1. The van der Waals surface area contributed by atoms with E-state index in [1.807, 2.05) is 0 Å². The van der Waals surface area contributed by atoms with Crippen LogP contribution in [-0.2, 0) is 25.7 Å². The van der Waals surface area contributed by atoms with Crippen molar-refractivity contribution in [1.82, 2.24) is 14.7 Å². The van der Waals surface area contributed by atoms with Gasteiger partial charge in [-0.25, -0.2) is 0 Å². The first-order valence-electron chi connectivity index (χ1n) is 10.0. The lowest BCUT2D eigenvalue weighted by Crippen LogP contribution is -2.41. The van der Waals surface area contributed by atoms with Gasteiger partial charge >= 0.3 is 0 Å². The molecule has 1 N–H and O–H groups in total. The van der Waals surface area contributed by atoms with Crippen LogP contribution in [0.1, 0.15) is 18.4 Å². The highest BCUT2D eigenvalue weighted by Crippen LogP contribution is 2.24. The van der Waals surface area contributed by atoms with Crippen molar-refractivity contribution in [3.8, 4) is 0 Å². The normalized spacial score (nSPS) is 16.8. The lowest BCUT2D eigenvalue weighted by Gasteiger charge is -2.27. The van der Waals surface area contributed by atoms with Gasteiger partial charge in [0.25, 0.3) is 11.8 Å². The summed E-state index contributed by atoms with van der Waals surface area (Å²) in [6, 6.07) is 5.07. The van der Waals surface area contributed by atoms with E-state index in [0.717, 1.165) is 5.56 Å². The van der Waals surface area contributed by atoms with Crippen LogP contribution >= 0.6 is 23.2 Å². The lowest BCUT2D eigenvalue weighted by molar-refractivity contribution is -0.136. The summed E-state index contributed by atoms with van der Waals surface area (Å²) in [6.07, 6.45) is 0.751. The Labute approximate surface area is 190 Å². The fraction of sp³-hybridized carbons (Fsp3) is 0.476. The van der Waals surface area contributed by atoms with Crippen molar-refractivity contribution in [3.05, 3.63) is 45.1 Å². The third kappa shape index (κ3) is 5.70. The van der Waals surface area contributed by atoms with E-state index in [4.69, 9.17) is 27.9 Å². The molecule has 2 aliphatic heterocycles. The summed E-state index contributed by atoms with van der Waals surface area (Å²) < 4.78 is 5.24. The zero-order valence-electron chi connectivity index (χ0n) is 17.3. The van der Waals surface area contributed by atoms with Crippen molar-refractivity contribution >= 4 is 40.9 Å². The van der Waals surface area contributed by atoms with Crippen LogP contribution in [0.25, 0.3) is 0 Å². The fourth-order valence-electron chi connectivity index (χ4n) is 3.57. The maximum Gasteiger partial charge on any atom is 0.289 e. The summed E-state index contributed by atoms with van der Waals surface area (Å²) in [5, 5.41) is 11.0. The van der Waals surface area contributed by atoms with Gasteiger partial charge in [-0.3, -0.25) is 14.4 Å². The quantitative estimate of drug-likeness (QED) is 0.661. The van der Waals surface area contributed by atoms with Gasteiger partial charge in [-0.15, -0.1) is 0 Å². The highest BCUT2D eigenvalue weighted by atomic mass is 35.5. The molecule has 0 aliphatic carbocycles. The molecule has 0 radical (unpaired) electrons. The number of carbonyl (C=O) groups is 3. The Hall–Kier alpha value is -2.29. The standard InChI is InChI=1S/C21H25Cl2N3O5/c1-24(12-14-4-5-16(22)17(23)11-14)20(29)15-13-26(21(30)19(15)28)6-2-3-18(27)25-7-9-31-10-8-25/h4-5,11,28H,2-3,6-10,12-13H2,1H3. The van der Waals surface area contributed by atoms with Crippen LogP contribution in [-0.4, -0.2) is 84.0 Å². The lowest BCUT2D eigenvalue weighted by atomic mass is 10.2. The van der Waals surface area contributed by atoms with Crippen LogP contribution in [0.2, 0.25) is 10.0 Å². The molecule has 31 heavy (non-hydrogen) atoms. The predicted molar refractivity (Wildman–Crippen MR) is 116 cm³/mol. The van der Waals surface area contributed by atoms with Gasteiger partial charge in [-0.2, -0.15) is 0 Å². The number of hydrogen-bond donors (Lipinski definition) is 1. The summed E-state index contributed by atoms with van der Waals surface area (Å²) in [7, 11) is 1.58. The zero-order valence-corrected chi connectivity index (χ0v) is 18.8. The summed E-state index contributed by atoms with van der Waals surface area (Å²) >= 11 is 11.9. The Bertz CT molecular complexity index is 899. The van der Waals surface area contributed by atoms with E-state index in [9.17, 15) is 19.5 Å². The second-order valence-electron chi connectivity index (χ2n) is 7.56. The highest BCUT2D eigenvalue weighted by molar-refractivity contribution is 6.42. The van der Waals surface area contributed by atoms with Gasteiger partial charge in [0, 0.05) is 39.6 Å². The Kier molecular flexibility index (Phi) is 7.80. The SMILES string of the molecule is CN(Cc1ccc(Cl)c(Cl)c1)C(=O)C1=C(O)C(=O)N(CCCC(=O)N2CCOCC2)C1. The molecule has 0 saturated carbocycles. The molecule has 2 aliphatic rings. The highest BCUT2D eigenvalue weighted by Gasteiger charge is 2.35. The fourth-order valence-corrected chi connectivity index (χ4v) is 3.89. The molecule has 0 aromatic heterocycles. The van der Waals surface area contributed by atoms with Gasteiger partial charge in [0.05, 0.1) is 35.4 Å². The van der Waals surface area contributed by atoms with Crippen LogP contribution in [0.15, 0.2) is 29.5 Å². The van der Waals surface area contributed by atoms with Gasteiger partial charge in [0.2, 0.25) is 5.91 Å². The number of carbonyl (C=O) groups excluding carboxylic acids is 3.